The van der Waals surface area contributed by atoms with Gasteiger partial charge in [0, 0.05) is 37.4 Å². The van der Waals surface area contributed by atoms with Gasteiger partial charge in [-0.05, 0) is 35.5 Å². The monoisotopic (exact) mass is 389 g/mol. The number of amides is 1. The molecule has 0 radical (unpaired) electrons. The molecule has 2 aromatic heterocycles. The lowest BCUT2D eigenvalue weighted by Gasteiger charge is -2.10. The van der Waals surface area contributed by atoms with Crippen LogP contribution in [0.1, 0.15) is 21.6 Å². The lowest BCUT2D eigenvalue weighted by Crippen LogP contribution is -2.25. The third-order valence-electron chi connectivity index (χ3n) is 4.42. The molecule has 1 amide bonds. The van der Waals surface area contributed by atoms with Crippen molar-refractivity contribution in [2.45, 2.75) is 13.1 Å². The first-order valence-corrected chi connectivity index (χ1v) is 9.29. The number of aromatic nitrogens is 4. The Morgan fingerprint density at radius 2 is 1.82 bits per heavy atom. The molecule has 0 unspecified atom stereocenters. The first-order valence-electron chi connectivity index (χ1n) is 8.88. The summed E-state index contributed by atoms with van der Waals surface area (Å²) in [6.07, 6.45) is 7.13. The Bertz CT molecular complexity index is 1110. The van der Waals surface area contributed by atoms with Gasteiger partial charge < -0.3 is 14.9 Å². The summed E-state index contributed by atoms with van der Waals surface area (Å²) in [5.74, 6) is -0.182. The van der Waals surface area contributed by atoms with Gasteiger partial charge in [0.2, 0.25) is 0 Å². The number of carbonyl (C=O) groups is 1. The van der Waals surface area contributed by atoms with Crippen LogP contribution in [0.3, 0.4) is 0 Å². The predicted molar refractivity (Wildman–Crippen MR) is 110 cm³/mol. The molecule has 0 aliphatic heterocycles. The van der Waals surface area contributed by atoms with Crippen molar-refractivity contribution in [3.05, 3.63) is 101 Å². The summed E-state index contributed by atoms with van der Waals surface area (Å²) in [7, 11) is 0. The van der Waals surface area contributed by atoms with Crippen molar-refractivity contribution in [2.24, 2.45) is 0 Å². The Kier molecular flexibility index (Phi) is 5.16. The summed E-state index contributed by atoms with van der Waals surface area (Å²) >= 11 is 5.33. The third kappa shape index (κ3) is 3.94. The van der Waals surface area contributed by atoms with Crippen LogP contribution in [0.15, 0.2) is 79.5 Å². The Morgan fingerprint density at radius 1 is 1.07 bits per heavy atom. The molecule has 6 nitrogen and oxygen atoms in total. The number of imidazole rings is 2. The molecule has 2 aromatic carbocycles. The average molecular weight is 389 g/mol. The summed E-state index contributed by atoms with van der Waals surface area (Å²) in [4.78, 5) is 19.7. The maximum Gasteiger partial charge on any atom is 0.270 e. The zero-order valence-electron chi connectivity index (χ0n) is 15.1. The van der Waals surface area contributed by atoms with E-state index in [9.17, 15) is 4.79 Å². The quantitative estimate of drug-likeness (QED) is 0.494. The van der Waals surface area contributed by atoms with Crippen LogP contribution in [-0.2, 0) is 13.1 Å². The van der Waals surface area contributed by atoms with Crippen LogP contribution in [0.2, 0.25) is 0 Å². The van der Waals surface area contributed by atoms with Crippen LogP contribution in [0.4, 0.5) is 0 Å². The highest BCUT2D eigenvalue weighted by atomic mass is 32.1. The molecule has 0 fully saturated rings. The molecule has 0 saturated carbocycles. The van der Waals surface area contributed by atoms with Crippen LogP contribution in [0.5, 0.6) is 0 Å². The lowest BCUT2D eigenvalue weighted by molar-refractivity contribution is 0.0944. The zero-order valence-corrected chi connectivity index (χ0v) is 15.9. The molecule has 0 aliphatic rings. The van der Waals surface area contributed by atoms with Gasteiger partial charge in [0.05, 0.1) is 6.33 Å². The second kappa shape index (κ2) is 8.06. The van der Waals surface area contributed by atoms with Gasteiger partial charge in [-0.1, -0.05) is 42.5 Å². The number of nitrogens with zero attached hydrogens (tertiary/aromatic N) is 3. The molecule has 2 N–H and O–H groups in total. The minimum atomic E-state index is -0.182. The number of carbonyl (C=O) groups excluding carboxylic acids is 1. The smallest absolute Gasteiger partial charge is 0.270 e. The maximum absolute atomic E-state index is 12.7. The molecule has 4 rings (SSSR count). The number of aromatic amines is 1. The normalized spacial score (nSPS) is 10.7. The van der Waals surface area contributed by atoms with E-state index in [0.717, 1.165) is 17.8 Å². The van der Waals surface area contributed by atoms with E-state index in [4.69, 9.17) is 12.2 Å². The number of hydrogen-bond donors (Lipinski definition) is 2. The van der Waals surface area contributed by atoms with Crippen LogP contribution in [0.25, 0.3) is 5.69 Å². The van der Waals surface area contributed by atoms with Gasteiger partial charge in [-0.2, -0.15) is 0 Å². The topological polar surface area (TPSA) is 67.6 Å². The fraction of sp³-hybridized carbons (Fsp3) is 0.0952. The van der Waals surface area contributed by atoms with Gasteiger partial charge in [0.15, 0.2) is 4.77 Å². The van der Waals surface area contributed by atoms with E-state index >= 15 is 0 Å². The van der Waals surface area contributed by atoms with Gasteiger partial charge in [0.25, 0.3) is 5.91 Å². The fourth-order valence-electron chi connectivity index (χ4n) is 3.00. The number of hydrogen-bond acceptors (Lipinski definition) is 3. The van der Waals surface area contributed by atoms with Gasteiger partial charge in [-0.3, -0.25) is 9.36 Å². The van der Waals surface area contributed by atoms with Crippen LogP contribution in [0, 0.1) is 4.77 Å². The second-order valence-electron chi connectivity index (χ2n) is 6.38. The van der Waals surface area contributed by atoms with Gasteiger partial charge in [-0.25, -0.2) is 4.98 Å². The highest BCUT2D eigenvalue weighted by Crippen LogP contribution is 2.13. The molecule has 0 atom stereocenters. The summed E-state index contributed by atoms with van der Waals surface area (Å²) in [5.41, 5.74) is 3.54. The molecule has 140 valence electrons. The Morgan fingerprint density at radius 3 is 2.54 bits per heavy atom. The van der Waals surface area contributed by atoms with Crippen molar-refractivity contribution in [1.29, 1.82) is 0 Å². The van der Waals surface area contributed by atoms with E-state index in [1.165, 1.54) is 5.56 Å². The van der Waals surface area contributed by atoms with Crippen molar-refractivity contribution in [1.82, 2.24) is 24.4 Å². The predicted octanol–water partition coefficient (Wildman–Crippen LogP) is 3.71. The first kappa shape index (κ1) is 17.9. The van der Waals surface area contributed by atoms with Crippen molar-refractivity contribution >= 4 is 18.1 Å². The SMILES string of the molecule is O=C(NCc1ccc(Cn2ccnc2)cc1)c1c[nH]c(=S)n1-c1ccccc1. The van der Waals surface area contributed by atoms with E-state index in [1.807, 2.05) is 53.2 Å². The van der Waals surface area contributed by atoms with Crippen LogP contribution < -0.4 is 5.32 Å². The summed E-state index contributed by atoms with van der Waals surface area (Å²) in [6.45, 7) is 1.21. The minimum Gasteiger partial charge on any atom is -0.347 e. The average Bonchev–Trinajstić information content (AvgIpc) is 3.37. The Balaban J connectivity index is 1.43. The number of H-pyrrole nitrogens is 1. The highest BCUT2D eigenvalue weighted by molar-refractivity contribution is 7.71. The van der Waals surface area contributed by atoms with Crippen molar-refractivity contribution in [3.63, 3.8) is 0 Å². The Labute approximate surface area is 167 Å². The Hall–Kier alpha value is -3.45. The van der Waals surface area contributed by atoms with E-state index in [1.54, 1.807) is 23.3 Å². The van der Waals surface area contributed by atoms with E-state index in [-0.39, 0.29) is 5.91 Å². The molecule has 0 saturated heterocycles. The molecular formula is C21H19N5OS. The standard InChI is InChI=1S/C21H19N5OS/c27-20(19-13-24-21(28)26(19)18-4-2-1-3-5-18)23-12-16-6-8-17(9-7-16)14-25-11-10-22-15-25/h1-11,13,15H,12,14H2,(H,23,27)(H,24,28). The molecule has 7 heteroatoms. The van der Waals surface area contributed by atoms with E-state index < -0.39 is 0 Å². The van der Waals surface area contributed by atoms with Crippen molar-refractivity contribution in [3.8, 4) is 5.69 Å². The number of nitrogens with one attached hydrogen (secondary N) is 2. The number of rotatable bonds is 6. The van der Waals surface area contributed by atoms with E-state index in [2.05, 4.69) is 27.4 Å². The lowest BCUT2D eigenvalue weighted by atomic mass is 10.1. The maximum atomic E-state index is 12.7. The first-order chi connectivity index (χ1) is 13.7. The summed E-state index contributed by atoms with van der Waals surface area (Å²) < 4.78 is 4.23. The zero-order chi connectivity index (χ0) is 19.3. The van der Waals surface area contributed by atoms with Gasteiger partial charge in [0.1, 0.15) is 5.69 Å². The number of para-hydroxylation sites is 1. The molecule has 0 aliphatic carbocycles. The fourth-order valence-corrected chi connectivity index (χ4v) is 3.26. The molecule has 28 heavy (non-hydrogen) atoms. The highest BCUT2D eigenvalue weighted by Gasteiger charge is 2.14. The van der Waals surface area contributed by atoms with Crippen LogP contribution in [-0.4, -0.2) is 25.0 Å². The van der Waals surface area contributed by atoms with E-state index in [0.29, 0.717) is 17.0 Å². The van der Waals surface area contributed by atoms with Crippen molar-refractivity contribution < 1.29 is 4.79 Å². The summed E-state index contributed by atoms with van der Waals surface area (Å²) in [5, 5.41) is 2.96. The molecule has 0 spiro atoms. The van der Waals surface area contributed by atoms with Crippen LogP contribution >= 0.6 is 12.2 Å². The molecule has 4 aromatic rings. The van der Waals surface area contributed by atoms with Gasteiger partial charge in [-0.15, -0.1) is 0 Å². The van der Waals surface area contributed by atoms with Crippen molar-refractivity contribution in [2.75, 3.05) is 0 Å². The minimum absolute atomic E-state index is 0.182. The second-order valence-corrected chi connectivity index (χ2v) is 6.77. The molecular weight excluding hydrogens is 370 g/mol. The third-order valence-corrected chi connectivity index (χ3v) is 4.72. The summed E-state index contributed by atoms with van der Waals surface area (Å²) in [6, 6.07) is 17.7. The molecule has 0 bridgehead atoms. The largest absolute Gasteiger partial charge is 0.347 e. The number of benzene rings is 2. The molecule has 2 heterocycles. The van der Waals surface area contributed by atoms with Gasteiger partial charge >= 0.3 is 0 Å².